The van der Waals surface area contributed by atoms with Crippen LogP contribution in [0, 0.1) is 25.5 Å². The monoisotopic (exact) mass is 330 g/mol. The first-order valence-corrected chi connectivity index (χ1v) is 6.08. The van der Waals surface area contributed by atoms with E-state index in [4.69, 9.17) is 4.52 Å². The Morgan fingerprint density at radius 1 is 1.32 bits per heavy atom. The van der Waals surface area contributed by atoms with Crippen molar-refractivity contribution in [1.82, 2.24) is 5.16 Å². The van der Waals surface area contributed by atoms with Crippen molar-refractivity contribution >= 4 is 27.7 Å². The number of carbonyl (C=O) groups excluding carboxylic acids is 1. The van der Waals surface area contributed by atoms with E-state index in [2.05, 4.69) is 26.4 Å². The van der Waals surface area contributed by atoms with Crippen molar-refractivity contribution in [3.8, 4) is 0 Å². The summed E-state index contributed by atoms with van der Waals surface area (Å²) in [4.78, 5) is 11.8. The summed E-state index contributed by atoms with van der Waals surface area (Å²) in [7, 11) is 0. The van der Waals surface area contributed by atoms with Gasteiger partial charge in [0.2, 0.25) is 5.88 Å². The van der Waals surface area contributed by atoms with Crippen LogP contribution in [0.15, 0.2) is 21.1 Å². The summed E-state index contributed by atoms with van der Waals surface area (Å²) in [6.07, 6.45) is 0. The lowest BCUT2D eigenvalue weighted by Gasteiger charge is -2.05. The van der Waals surface area contributed by atoms with E-state index < -0.39 is 23.1 Å². The molecule has 0 aliphatic heterocycles. The summed E-state index contributed by atoms with van der Waals surface area (Å²) in [6.45, 7) is 3.37. The predicted molar refractivity (Wildman–Crippen MR) is 68.0 cm³/mol. The molecule has 0 saturated carbocycles. The molecule has 1 aromatic carbocycles. The van der Waals surface area contributed by atoms with E-state index in [1.165, 1.54) is 0 Å². The number of halogens is 3. The second-order valence-corrected chi connectivity index (χ2v) is 4.84. The first kappa shape index (κ1) is 13.7. The number of aromatic nitrogens is 1. The Kier molecular flexibility index (Phi) is 3.66. The van der Waals surface area contributed by atoms with Crippen LogP contribution in [-0.2, 0) is 0 Å². The smallest absolute Gasteiger partial charge is 0.264 e. The molecule has 1 N–H and O–H groups in total. The summed E-state index contributed by atoms with van der Waals surface area (Å²) in [5.74, 6) is -2.78. The van der Waals surface area contributed by atoms with E-state index in [1.54, 1.807) is 13.8 Å². The zero-order chi connectivity index (χ0) is 14.2. The fourth-order valence-corrected chi connectivity index (χ4v) is 1.86. The van der Waals surface area contributed by atoms with Crippen molar-refractivity contribution in [1.29, 1.82) is 0 Å². The lowest BCUT2D eigenvalue weighted by Crippen LogP contribution is -2.16. The van der Waals surface area contributed by atoms with Gasteiger partial charge in [-0.25, -0.2) is 8.78 Å². The quantitative estimate of drug-likeness (QED) is 0.915. The Morgan fingerprint density at radius 3 is 2.37 bits per heavy atom. The van der Waals surface area contributed by atoms with Gasteiger partial charge >= 0.3 is 0 Å². The molecule has 2 aromatic rings. The number of carbonyl (C=O) groups is 1. The normalized spacial score (nSPS) is 10.6. The molecule has 100 valence electrons. The van der Waals surface area contributed by atoms with Crippen molar-refractivity contribution in [2.75, 3.05) is 5.32 Å². The summed E-state index contributed by atoms with van der Waals surface area (Å²) >= 11 is 2.94. The topological polar surface area (TPSA) is 55.1 Å². The Labute approximate surface area is 115 Å². The van der Waals surface area contributed by atoms with Gasteiger partial charge in [0.1, 0.15) is 17.2 Å². The summed E-state index contributed by atoms with van der Waals surface area (Å²) in [6, 6.07) is 2.02. The van der Waals surface area contributed by atoms with Crippen LogP contribution in [0.4, 0.5) is 14.7 Å². The van der Waals surface area contributed by atoms with Crippen molar-refractivity contribution < 1.29 is 18.1 Å². The molecule has 0 unspecified atom stereocenters. The molecule has 4 nitrogen and oxygen atoms in total. The molecule has 19 heavy (non-hydrogen) atoms. The standard InChI is InChI=1S/C12H9BrF2N2O2/c1-5-6(2)17-19-12(5)16-11(18)10-8(14)3-7(13)4-9(10)15/h3-4H,1-2H3,(H,16,18). The average Bonchev–Trinajstić information content (AvgIpc) is 2.59. The summed E-state index contributed by atoms with van der Waals surface area (Å²) in [5.41, 5.74) is 0.523. The first-order chi connectivity index (χ1) is 8.90. The van der Waals surface area contributed by atoms with E-state index in [9.17, 15) is 13.6 Å². The molecule has 2 rings (SSSR count). The maximum absolute atomic E-state index is 13.6. The fourth-order valence-electron chi connectivity index (χ4n) is 1.46. The number of anilines is 1. The number of nitrogens with zero attached hydrogens (tertiary/aromatic N) is 1. The van der Waals surface area contributed by atoms with Crippen LogP contribution in [0.5, 0.6) is 0 Å². The summed E-state index contributed by atoms with van der Waals surface area (Å²) in [5, 5.41) is 5.92. The zero-order valence-electron chi connectivity index (χ0n) is 10.1. The van der Waals surface area contributed by atoms with Crippen LogP contribution in [-0.4, -0.2) is 11.1 Å². The Hall–Kier alpha value is -1.76. The number of nitrogens with one attached hydrogen (secondary N) is 1. The number of hydrogen-bond donors (Lipinski definition) is 1. The van der Waals surface area contributed by atoms with Crippen LogP contribution in [0.2, 0.25) is 0 Å². The van der Waals surface area contributed by atoms with Gasteiger partial charge in [-0.15, -0.1) is 0 Å². The number of benzene rings is 1. The van der Waals surface area contributed by atoms with Gasteiger partial charge < -0.3 is 4.52 Å². The minimum atomic E-state index is -0.960. The van der Waals surface area contributed by atoms with Gasteiger partial charge in [-0.1, -0.05) is 21.1 Å². The minimum Gasteiger partial charge on any atom is -0.338 e. The highest BCUT2D eigenvalue weighted by atomic mass is 79.9. The van der Waals surface area contributed by atoms with Crippen molar-refractivity contribution in [2.24, 2.45) is 0 Å². The third kappa shape index (κ3) is 2.65. The van der Waals surface area contributed by atoms with Gasteiger partial charge in [-0.05, 0) is 26.0 Å². The molecule has 1 heterocycles. The van der Waals surface area contributed by atoms with E-state index in [0.717, 1.165) is 12.1 Å². The maximum Gasteiger partial charge on any atom is 0.264 e. The van der Waals surface area contributed by atoms with Crippen LogP contribution in [0.25, 0.3) is 0 Å². The van der Waals surface area contributed by atoms with Gasteiger partial charge in [-0.2, -0.15) is 0 Å². The number of amides is 1. The molecule has 0 fully saturated rings. The van der Waals surface area contributed by atoms with Crippen molar-refractivity contribution in [3.05, 3.63) is 45.1 Å². The van der Waals surface area contributed by atoms with Gasteiger partial charge in [-0.3, -0.25) is 10.1 Å². The molecule has 0 aliphatic carbocycles. The highest BCUT2D eigenvalue weighted by Gasteiger charge is 2.21. The van der Waals surface area contributed by atoms with Gasteiger partial charge in [0.05, 0.1) is 5.69 Å². The van der Waals surface area contributed by atoms with Crippen LogP contribution in [0.1, 0.15) is 21.6 Å². The molecule has 0 radical (unpaired) electrons. The average molecular weight is 331 g/mol. The fraction of sp³-hybridized carbons (Fsp3) is 0.167. The van der Waals surface area contributed by atoms with E-state index >= 15 is 0 Å². The molecule has 0 atom stereocenters. The minimum absolute atomic E-state index is 0.0734. The van der Waals surface area contributed by atoms with Gasteiger partial charge in [0.15, 0.2) is 0 Å². The molecule has 0 saturated heterocycles. The Balaban J connectivity index is 2.33. The molecular formula is C12H9BrF2N2O2. The number of rotatable bonds is 2. The molecule has 0 spiro atoms. The Bertz CT molecular complexity index is 632. The maximum atomic E-state index is 13.6. The lowest BCUT2D eigenvalue weighted by atomic mass is 10.2. The molecular weight excluding hydrogens is 322 g/mol. The lowest BCUT2D eigenvalue weighted by molar-refractivity contribution is 0.101. The highest BCUT2D eigenvalue weighted by molar-refractivity contribution is 9.10. The number of hydrogen-bond acceptors (Lipinski definition) is 3. The molecule has 0 aliphatic rings. The van der Waals surface area contributed by atoms with Crippen molar-refractivity contribution in [2.45, 2.75) is 13.8 Å². The second-order valence-electron chi connectivity index (χ2n) is 3.92. The zero-order valence-corrected chi connectivity index (χ0v) is 11.6. The molecule has 7 heteroatoms. The van der Waals surface area contributed by atoms with E-state index in [-0.39, 0.29) is 10.4 Å². The first-order valence-electron chi connectivity index (χ1n) is 5.29. The largest absolute Gasteiger partial charge is 0.338 e. The van der Waals surface area contributed by atoms with Crippen molar-refractivity contribution in [3.63, 3.8) is 0 Å². The van der Waals surface area contributed by atoms with Crippen LogP contribution in [0.3, 0.4) is 0 Å². The van der Waals surface area contributed by atoms with E-state index in [1.807, 2.05) is 0 Å². The van der Waals surface area contributed by atoms with Gasteiger partial charge in [0.25, 0.3) is 5.91 Å². The molecule has 0 bridgehead atoms. The SMILES string of the molecule is Cc1noc(NC(=O)c2c(F)cc(Br)cc2F)c1C. The Morgan fingerprint density at radius 2 is 1.89 bits per heavy atom. The third-order valence-electron chi connectivity index (χ3n) is 2.62. The van der Waals surface area contributed by atoms with Crippen LogP contribution < -0.4 is 5.32 Å². The molecule has 1 amide bonds. The van der Waals surface area contributed by atoms with Crippen LogP contribution >= 0.6 is 15.9 Å². The predicted octanol–water partition coefficient (Wildman–Crippen LogP) is 3.58. The second kappa shape index (κ2) is 5.08. The number of aryl methyl sites for hydroxylation is 1. The third-order valence-corrected chi connectivity index (χ3v) is 3.08. The van der Waals surface area contributed by atoms with Gasteiger partial charge in [0, 0.05) is 10.0 Å². The molecule has 1 aromatic heterocycles. The summed E-state index contributed by atoms with van der Waals surface area (Å²) < 4.78 is 32.3. The highest BCUT2D eigenvalue weighted by Crippen LogP contribution is 2.22. The van der Waals surface area contributed by atoms with E-state index in [0.29, 0.717) is 11.3 Å².